The maximum absolute atomic E-state index is 12.0. The second-order valence-electron chi connectivity index (χ2n) is 4.62. The van der Waals surface area contributed by atoms with Crippen LogP contribution in [0.2, 0.25) is 0 Å². The topological polar surface area (TPSA) is 91.7 Å². The number of pyridine rings is 1. The zero-order valence-corrected chi connectivity index (χ0v) is 12.6. The van der Waals surface area contributed by atoms with Crippen LogP contribution in [0.5, 0.6) is 0 Å². The molecule has 1 aliphatic rings. The maximum atomic E-state index is 12.0. The molecule has 1 aromatic heterocycles. The van der Waals surface area contributed by atoms with E-state index in [1.54, 1.807) is 42.7 Å². The van der Waals surface area contributed by atoms with Gasteiger partial charge in [-0.3, -0.25) is 9.78 Å². The van der Waals surface area contributed by atoms with Crippen molar-refractivity contribution < 1.29 is 14.7 Å². The van der Waals surface area contributed by atoms with Gasteiger partial charge in [0.15, 0.2) is 5.17 Å². The Kier molecular flexibility index (Phi) is 4.20. The van der Waals surface area contributed by atoms with E-state index < -0.39 is 5.97 Å². The van der Waals surface area contributed by atoms with Gasteiger partial charge in [0.25, 0.3) is 5.91 Å². The fourth-order valence-electron chi connectivity index (χ4n) is 1.92. The van der Waals surface area contributed by atoms with Gasteiger partial charge in [0.05, 0.1) is 16.2 Å². The van der Waals surface area contributed by atoms with Crippen molar-refractivity contribution in [1.82, 2.24) is 10.3 Å². The Balaban J connectivity index is 1.83. The van der Waals surface area contributed by atoms with E-state index in [0.717, 1.165) is 5.56 Å². The Labute approximate surface area is 136 Å². The Morgan fingerprint density at radius 2 is 2.04 bits per heavy atom. The number of carboxylic acid groups (broad SMARTS) is 1. The van der Waals surface area contributed by atoms with Crippen molar-refractivity contribution in [1.29, 1.82) is 0 Å². The number of amides is 1. The van der Waals surface area contributed by atoms with Gasteiger partial charge in [0, 0.05) is 12.4 Å². The molecular weight excluding hydrogens is 314 g/mol. The van der Waals surface area contributed by atoms with Crippen molar-refractivity contribution in [2.45, 2.75) is 0 Å². The quantitative estimate of drug-likeness (QED) is 0.847. The second kappa shape index (κ2) is 6.45. The summed E-state index contributed by atoms with van der Waals surface area (Å²) in [6.07, 6.45) is 5.05. The summed E-state index contributed by atoms with van der Waals surface area (Å²) in [6, 6.07) is 9.82. The summed E-state index contributed by atoms with van der Waals surface area (Å²) in [4.78, 5) is 31.6. The Hall–Kier alpha value is -2.93. The zero-order valence-electron chi connectivity index (χ0n) is 11.8. The minimum absolute atomic E-state index is 0.147. The van der Waals surface area contributed by atoms with Crippen LogP contribution in [0.4, 0.5) is 5.69 Å². The molecule has 2 N–H and O–H groups in total. The summed E-state index contributed by atoms with van der Waals surface area (Å²) in [5.41, 5.74) is 1.48. The number of carbonyl (C=O) groups excluding carboxylic acids is 1. The molecule has 0 unspecified atom stereocenters. The van der Waals surface area contributed by atoms with Crippen LogP contribution in [0.25, 0.3) is 6.08 Å². The molecule has 2 heterocycles. The van der Waals surface area contributed by atoms with E-state index in [-0.39, 0.29) is 11.5 Å². The van der Waals surface area contributed by atoms with Crippen LogP contribution in [0, 0.1) is 0 Å². The van der Waals surface area contributed by atoms with Gasteiger partial charge in [-0.25, -0.2) is 9.79 Å². The molecule has 0 aliphatic carbocycles. The minimum atomic E-state index is -1.02. The molecule has 3 rings (SSSR count). The zero-order chi connectivity index (χ0) is 16.2. The van der Waals surface area contributed by atoms with E-state index in [2.05, 4.69) is 15.3 Å². The summed E-state index contributed by atoms with van der Waals surface area (Å²) >= 11 is 1.21. The van der Waals surface area contributed by atoms with E-state index in [0.29, 0.717) is 15.8 Å². The molecule has 1 aliphatic heterocycles. The normalized spacial score (nSPS) is 17.5. The number of benzene rings is 1. The molecule has 2 aromatic rings. The lowest BCUT2D eigenvalue weighted by atomic mass is 10.2. The van der Waals surface area contributed by atoms with E-state index in [4.69, 9.17) is 5.11 Å². The van der Waals surface area contributed by atoms with E-state index in [1.807, 2.05) is 0 Å². The van der Waals surface area contributed by atoms with Crippen molar-refractivity contribution in [2.75, 3.05) is 0 Å². The second-order valence-corrected chi connectivity index (χ2v) is 5.65. The molecule has 1 aromatic carbocycles. The van der Waals surface area contributed by atoms with Crippen LogP contribution in [-0.4, -0.2) is 27.1 Å². The van der Waals surface area contributed by atoms with Gasteiger partial charge in [0.2, 0.25) is 0 Å². The molecule has 0 saturated carbocycles. The number of amidine groups is 1. The smallest absolute Gasteiger partial charge is 0.335 e. The Morgan fingerprint density at radius 1 is 1.26 bits per heavy atom. The van der Waals surface area contributed by atoms with Crippen LogP contribution in [-0.2, 0) is 4.79 Å². The van der Waals surface area contributed by atoms with Gasteiger partial charge in [-0.05, 0) is 53.7 Å². The number of hydrogen-bond donors (Lipinski definition) is 2. The number of carbonyl (C=O) groups is 2. The molecule has 114 valence electrons. The molecule has 0 atom stereocenters. The number of nitrogens with one attached hydrogen (secondary N) is 1. The van der Waals surface area contributed by atoms with Gasteiger partial charge in [-0.15, -0.1) is 0 Å². The van der Waals surface area contributed by atoms with Crippen molar-refractivity contribution >= 4 is 40.6 Å². The Morgan fingerprint density at radius 3 is 2.78 bits per heavy atom. The van der Waals surface area contributed by atoms with Crippen molar-refractivity contribution in [3.8, 4) is 0 Å². The third kappa shape index (κ3) is 3.64. The average molecular weight is 325 g/mol. The molecule has 1 fully saturated rings. The number of aliphatic imine (C=N–C) groups is 1. The minimum Gasteiger partial charge on any atom is -0.478 e. The number of aromatic carboxylic acids is 1. The SMILES string of the molecule is O=C1NC(=Nc2cccc(C(=O)O)c2)SC1=Cc1ccncc1. The highest BCUT2D eigenvalue weighted by Gasteiger charge is 2.23. The number of carboxylic acids is 1. The van der Waals surface area contributed by atoms with Gasteiger partial charge in [-0.2, -0.15) is 0 Å². The maximum Gasteiger partial charge on any atom is 0.335 e. The Bertz CT molecular complexity index is 831. The lowest BCUT2D eigenvalue weighted by molar-refractivity contribution is -0.115. The fraction of sp³-hybridized carbons (Fsp3) is 0. The first-order chi connectivity index (χ1) is 11.1. The first kappa shape index (κ1) is 15.0. The molecule has 0 spiro atoms. The van der Waals surface area contributed by atoms with Gasteiger partial charge >= 0.3 is 5.97 Å². The highest BCUT2D eigenvalue weighted by Crippen LogP contribution is 2.28. The summed E-state index contributed by atoms with van der Waals surface area (Å²) in [6.45, 7) is 0. The molecule has 0 radical (unpaired) electrons. The van der Waals surface area contributed by atoms with Crippen LogP contribution >= 0.6 is 11.8 Å². The van der Waals surface area contributed by atoms with Crippen molar-refractivity contribution in [2.24, 2.45) is 4.99 Å². The van der Waals surface area contributed by atoms with Gasteiger partial charge < -0.3 is 10.4 Å². The summed E-state index contributed by atoms with van der Waals surface area (Å²) in [5, 5.41) is 12.1. The van der Waals surface area contributed by atoms with Crippen molar-refractivity contribution in [3.05, 3.63) is 64.8 Å². The molecule has 1 amide bonds. The largest absolute Gasteiger partial charge is 0.478 e. The lowest BCUT2D eigenvalue weighted by Crippen LogP contribution is -2.19. The van der Waals surface area contributed by atoms with Crippen LogP contribution in [0.15, 0.2) is 58.7 Å². The van der Waals surface area contributed by atoms with Crippen LogP contribution < -0.4 is 5.32 Å². The van der Waals surface area contributed by atoms with Crippen molar-refractivity contribution in [3.63, 3.8) is 0 Å². The first-order valence-corrected chi connectivity index (χ1v) is 7.46. The summed E-state index contributed by atoms with van der Waals surface area (Å²) in [7, 11) is 0. The number of hydrogen-bond acceptors (Lipinski definition) is 5. The molecular formula is C16H11N3O3S. The number of thioether (sulfide) groups is 1. The third-order valence-electron chi connectivity index (χ3n) is 2.98. The summed E-state index contributed by atoms with van der Waals surface area (Å²) < 4.78 is 0. The average Bonchev–Trinajstić information content (AvgIpc) is 2.88. The standard InChI is InChI=1S/C16H11N3O3S/c20-14-13(8-10-4-6-17-7-5-10)23-16(19-14)18-12-3-1-2-11(9-12)15(21)22/h1-9H,(H,21,22)(H,18,19,20). The highest BCUT2D eigenvalue weighted by atomic mass is 32.2. The molecule has 23 heavy (non-hydrogen) atoms. The number of rotatable bonds is 3. The predicted octanol–water partition coefficient (Wildman–Crippen LogP) is 2.67. The van der Waals surface area contributed by atoms with Crippen LogP contribution in [0.3, 0.4) is 0 Å². The predicted molar refractivity (Wildman–Crippen MR) is 88.4 cm³/mol. The fourth-order valence-corrected chi connectivity index (χ4v) is 2.76. The highest BCUT2D eigenvalue weighted by molar-refractivity contribution is 8.18. The van der Waals surface area contributed by atoms with E-state index >= 15 is 0 Å². The molecule has 6 nitrogen and oxygen atoms in total. The molecule has 7 heteroatoms. The molecule has 1 saturated heterocycles. The first-order valence-electron chi connectivity index (χ1n) is 6.65. The van der Waals surface area contributed by atoms with E-state index in [9.17, 15) is 9.59 Å². The third-order valence-corrected chi connectivity index (χ3v) is 3.89. The van der Waals surface area contributed by atoms with E-state index in [1.165, 1.54) is 23.9 Å². The van der Waals surface area contributed by atoms with Gasteiger partial charge in [-0.1, -0.05) is 6.07 Å². The van der Waals surface area contributed by atoms with Gasteiger partial charge in [0.1, 0.15) is 0 Å². The number of nitrogens with zero attached hydrogens (tertiary/aromatic N) is 2. The monoisotopic (exact) mass is 325 g/mol. The summed E-state index contributed by atoms with van der Waals surface area (Å²) in [5.74, 6) is -1.26. The van der Waals surface area contributed by atoms with Crippen LogP contribution in [0.1, 0.15) is 15.9 Å². The number of aromatic nitrogens is 1. The molecule has 0 bridgehead atoms. The lowest BCUT2D eigenvalue weighted by Gasteiger charge is -1.98.